The van der Waals surface area contributed by atoms with Crippen LogP contribution in [0.25, 0.3) is 0 Å². The van der Waals surface area contributed by atoms with Gasteiger partial charge in [0.15, 0.2) is 0 Å². The molecule has 1 saturated carbocycles. The number of amides is 1. The highest BCUT2D eigenvalue weighted by Gasteiger charge is 2.38. The van der Waals surface area contributed by atoms with Crippen molar-refractivity contribution in [3.8, 4) is 0 Å². The minimum Gasteiger partial charge on any atom is -0.349 e. The molecule has 2 nitrogen and oxygen atoms in total. The van der Waals surface area contributed by atoms with E-state index in [0.29, 0.717) is 10.0 Å². The van der Waals surface area contributed by atoms with Crippen molar-refractivity contribution in [1.82, 2.24) is 5.32 Å². The SMILES string of the molecule is CC1(C)CC(NC(=O)c2ccc(Br)c(F)c2)CC(C)(C)C1. The standard InChI is InChI=1S/C17H23BrFNO/c1-16(2)8-12(9-17(3,4)10-16)20-15(21)11-5-6-13(18)14(19)7-11/h5-7,12H,8-10H2,1-4H3,(H,20,21). The maximum absolute atomic E-state index is 13.5. The molecule has 0 unspecified atom stereocenters. The van der Waals surface area contributed by atoms with Gasteiger partial charge in [-0.15, -0.1) is 0 Å². The monoisotopic (exact) mass is 355 g/mol. The molecule has 116 valence electrons. The molecule has 1 aliphatic carbocycles. The van der Waals surface area contributed by atoms with Crippen molar-refractivity contribution in [1.29, 1.82) is 0 Å². The van der Waals surface area contributed by atoms with Crippen molar-refractivity contribution >= 4 is 21.8 Å². The number of halogens is 2. The minimum atomic E-state index is -0.410. The summed E-state index contributed by atoms with van der Waals surface area (Å²) in [5.41, 5.74) is 0.798. The summed E-state index contributed by atoms with van der Waals surface area (Å²) in [5, 5.41) is 3.07. The van der Waals surface area contributed by atoms with Gasteiger partial charge in [0.25, 0.3) is 5.91 Å². The molecule has 1 aromatic carbocycles. The Bertz CT molecular complexity index is 538. The van der Waals surface area contributed by atoms with Gasteiger partial charge in [-0.3, -0.25) is 4.79 Å². The van der Waals surface area contributed by atoms with E-state index in [2.05, 4.69) is 48.9 Å². The van der Waals surface area contributed by atoms with Crippen LogP contribution in [0.3, 0.4) is 0 Å². The molecule has 1 aromatic rings. The second-order valence-electron chi connectivity index (χ2n) is 7.71. The molecular formula is C17H23BrFNO. The van der Waals surface area contributed by atoms with Crippen LogP contribution in [0.5, 0.6) is 0 Å². The van der Waals surface area contributed by atoms with Crippen molar-refractivity contribution in [2.45, 2.75) is 53.0 Å². The van der Waals surface area contributed by atoms with Crippen LogP contribution in [0.2, 0.25) is 0 Å². The fraction of sp³-hybridized carbons (Fsp3) is 0.588. The Balaban J connectivity index is 2.10. The fourth-order valence-corrected chi connectivity index (χ4v) is 4.10. The third kappa shape index (κ3) is 4.29. The third-order valence-corrected chi connectivity index (χ3v) is 4.72. The zero-order valence-corrected chi connectivity index (χ0v) is 14.7. The lowest BCUT2D eigenvalue weighted by molar-refractivity contribution is 0.0713. The van der Waals surface area contributed by atoms with E-state index in [9.17, 15) is 9.18 Å². The Labute approximate surface area is 134 Å². The zero-order valence-electron chi connectivity index (χ0n) is 13.1. The molecule has 0 radical (unpaired) electrons. The smallest absolute Gasteiger partial charge is 0.251 e. The molecule has 0 bridgehead atoms. The van der Waals surface area contributed by atoms with E-state index >= 15 is 0 Å². The molecule has 0 aliphatic heterocycles. The van der Waals surface area contributed by atoms with E-state index in [1.54, 1.807) is 12.1 Å². The van der Waals surface area contributed by atoms with Gasteiger partial charge in [0.2, 0.25) is 0 Å². The highest BCUT2D eigenvalue weighted by Crippen LogP contribution is 2.45. The Morgan fingerprint density at radius 1 is 1.24 bits per heavy atom. The van der Waals surface area contributed by atoms with Gasteiger partial charge in [-0.2, -0.15) is 0 Å². The van der Waals surface area contributed by atoms with Crippen LogP contribution >= 0.6 is 15.9 Å². The molecule has 1 aliphatic rings. The molecule has 0 saturated heterocycles. The van der Waals surface area contributed by atoms with E-state index in [0.717, 1.165) is 19.3 Å². The summed E-state index contributed by atoms with van der Waals surface area (Å²) in [7, 11) is 0. The first-order valence-electron chi connectivity index (χ1n) is 7.34. The molecular weight excluding hydrogens is 333 g/mol. The second-order valence-corrected chi connectivity index (χ2v) is 8.57. The lowest BCUT2D eigenvalue weighted by Gasteiger charge is -2.45. The van der Waals surface area contributed by atoms with E-state index in [1.807, 2.05) is 0 Å². The number of benzene rings is 1. The summed E-state index contributed by atoms with van der Waals surface area (Å²) in [5.74, 6) is -0.605. The zero-order chi connectivity index (χ0) is 15.8. The minimum absolute atomic E-state index is 0.142. The second kappa shape index (κ2) is 5.71. The van der Waals surface area contributed by atoms with Crippen molar-refractivity contribution in [3.05, 3.63) is 34.1 Å². The van der Waals surface area contributed by atoms with E-state index in [4.69, 9.17) is 0 Å². The van der Waals surface area contributed by atoms with E-state index in [1.165, 1.54) is 6.07 Å². The summed E-state index contributed by atoms with van der Waals surface area (Å²) >= 11 is 3.10. The average molecular weight is 356 g/mol. The normalized spacial score (nSPS) is 21.0. The number of carbonyl (C=O) groups excluding carboxylic acids is 1. The van der Waals surface area contributed by atoms with Crippen LogP contribution in [0.4, 0.5) is 4.39 Å². The summed E-state index contributed by atoms with van der Waals surface area (Å²) in [4.78, 5) is 12.3. The first-order valence-corrected chi connectivity index (χ1v) is 8.13. The van der Waals surface area contributed by atoms with Crippen LogP contribution in [-0.4, -0.2) is 11.9 Å². The van der Waals surface area contributed by atoms with Crippen LogP contribution in [-0.2, 0) is 0 Å². The maximum atomic E-state index is 13.5. The highest BCUT2D eigenvalue weighted by molar-refractivity contribution is 9.10. The summed E-state index contributed by atoms with van der Waals surface area (Å²) in [6, 6.07) is 4.63. The van der Waals surface area contributed by atoms with Gasteiger partial charge >= 0.3 is 0 Å². The van der Waals surface area contributed by atoms with Crippen molar-refractivity contribution in [2.24, 2.45) is 10.8 Å². The predicted molar refractivity (Wildman–Crippen MR) is 86.8 cm³/mol. The predicted octanol–water partition coefficient (Wildman–Crippen LogP) is 4.92. The number of nitrogens with one attached hydrogen (secondary N) is 1. The molecule has 1 fully saturated rings. The molecule has 1 amide bonds. The first-order chi connectivity index (χ1) is 9.58. The molecule has 1 N–H and O–H groups in total. The number of rotatable bonds is 2. The van der Waals surface area contributed by atoms with E-state index in [-0.39, 0.29) is 22.8 Å². The molecule has 0 heterocycles. The van der Waals surface area contributed by atoms with Gasteiger partial charge in [0.1, 0.15) is 5.82 Å². The van der Waals surface area contributed by atoms with Crippen LogP contribution < -0.4 is 5.32 Å². The molecule has 0 atom stereocenters. The largest absolute Gasteiger partial charge is 0.349 e. The lowest BCUT2D eigenvalue weighted by atomic mass is 9.63. The Hall–Kier alpha value is -0.900. The number of hydrogen-bond acceptors (Lipinski definition) is 1. The van der Waals surface area contributed by atoms with Crippen LogP contribution in [0.15, 0.2) is 22.7 Å². The molecule has 4 heteroatoms. The molecule has 21 heavy (non-hydrogen) atoms. The Kier molecular flexibility index (Phi) is 4.48. The van der Waals surface area contributed by atoms with Crippen molar-refractivity contribution < 1.29 is 9.18 Å². The molecule has 2 rings (SSSR count). The van der Waals surface area contributed by atoms with Crippen LogP contribution in [0, 0.1) is 16.6 Å². The number of carbonyl (C=O) groups is 1. The van der Waals surface area contributed by atoms with Crippen LogP contribution in [0.1, 0.15) is 57.3 Å². The van der Waals surface area contributed by atoms with Gasteiger partial charge in [0.05, 0.1) is 4.47 Å². The fourth-order valence-electron chi connectivity index (χ4n) is 3.85. The topological polar surface area (TPSA) is 29.1 Å². The van der Waals surface area contributed by atoms with Crippen molar-refractivity contribution in [3.63, 3.8) is 0 Å². The first kappa shape index (κ1) is 16.5. The Morgan fingerprint density at radius 3 is 2.33 bits per heavy atom. The third-order valence-electron chi connectivity index (χ3n) is 4.07. The van der Waals surface area contributed by atoms with Crippen molar-refractivity contribution in [2.75, 3.05) is 0 Å². The van der Waals surface area contributed by atoms with Gasteiger partial charge in [-0.25, -0.2) is 4.39 Å². The lowest BCUT2D eigenvalue weighted by Crippen LogP contribution is -2.46. The maximum Gasteiger partial charge on any atom is 0.251 e. The summed E-state index contributed by atoms with van der Waals surface area (Å²) in [6.45, 7) is 8.97. The quantitative estimate of drug-likeness (QED) is 0.800. The van der Waals surface area contributed by atoms with Gasteiger partial charge < -0.3 is 5.32 Å². The van der Waals surface area contributed by atoms with Gasteiger partial charge in [-0.05, 0) is 64.2 Å². The summed E-state index contributed by atoms with van der Waals surface area (Å²) in [6.07, 6.45) is 3.07. The summed E-state index contributed by atoms with van der Waals surface area (Å²) < 4.78 is 13.9. The highest BCUT2D eigenvalue weighted by atomic mass is 79.9. The number of hydrogen-bond donors (Lipinski definition) is 1. The molecule has 0 spiro atoms. The van der Waals surface area contributed by atoms with Gasteiger partial charge in [-0.1, -0.05) is 27.7 Å². The average Bonchev–Trinajstić information content (AvgIpc) is 2.28. The molecule has 0 aromatic heterocycles. The Morgan fingerprint density at radius 2 is 1.81 bits per heavy atom. The van der Waals surface area contributed by atoms with E-state index < -0.39 is 5.82 Å². The van der Waals surface area contributed by atoms with Gasteiger partial charge in [0, 0.05) is 11.6 Å².